The van der Waals surface area contributed by atoms with Gasteiger partial charge in [-0.2, -0.15) is 0 Å². The third-order valence-electron chi connectivity index (χ3n) is 5.41. The van der Waals surface area contributed by atoms with Gasteiger partial charge in [0.25, 0.3) is 0 Å². The zero-order valence-electron chi connectivity index (χ0n) is 14.8. The Kier molecular flexibility index (Phi) is 4.08. The number of hydrogen-bond donors (Lipinski definition) is 1. The summed E-state index contributed by atoms with van der Waals surface area (Å²) in [5.74, 6) is 1.34. The second-order valence-corrected chi connectivity index (χ2v) is 7.29. The number of nitrogens with one attached hydrogen (secondary N) is 1. The number of benzene rings is 2. The molecule has 3 unspecified atom stereocenters. The molecule has 0 aliphatic heterocycles. The first-order valence-corrected chi connectivity index (χ1v) is 9.00. The van der Waals surface area contributed by atoms with E-state index < -0.39 is 0 Å². The summed E-state index contributed by atoms with van der Waals surface area (Å²) in [5.41, 5.74) is 3.47. The van der Waals surface area contributed by atoms with E-state index in [0.717, 1.165) is 10.9 Å². The maximum Gasteiger partial charge on any atom is 0.224 e. The van der Waals surface area contributed by atoms with Crippen LogP contribution in [0.3, 0.4) is 0 Å². The highest BCUT2D eigenvalue weighted by atomic mass is 16.1. The zero-order chi connectivity index (χ0) is 17.4. The highest BCUT2D eigenvalue weighted by Gasteiger charge is 2.40. The molecule has 1 heterocycles. The first-order chi connectivity index (χ1) is 12.1. The first kappa shape index (κ1) is 15.9. The third-order valence-corrected chi connectivity index (χ3v) is 5.41. The molecular formula is C22H24N2O. The highest BCUT2D eigenvalue weighted by molar-refractivity contribution is 5.89. The van der Waals surface area contributed by atoms with E-state index in [2.05, 4.69) is 47.3 Å². The topological polar surface area (TPSA) is 34.0 Å². The first-order valence-electron chi connectivity index (χ1n) is 9.00. The Morgan fingerprint density at radius 2 is 1.84 bits per heavy atom. The summed E-state index contributed by atoms with van der Waals surface area (Å²) in [5, 5.41) is 4.46. The number of fused-ring (bicyclic) bond motifs is 1. The number of aromatic nitrogens is 1. The van der Waals surface area contributed by atoms with Gasteiger partial charge in [-0.3, -0.25) is 4.79 Å². The van der Waals surface area contributed by atoms with Crippen molar-refractivity contribution in [2.24, 2.45) is 18.9 Å². The number of carbonyl (C=O) groups is 1. The van der Waals surface area contributed by atoms with E-state index in [4.69, 9.17) is 0 Å². The molecule has 25 heavy (non-hydrogen) atoms. The monoisotopic (exact) mass is 332 g/mol. The lowest BCUT2D eigenvalue weighted by molar-refractivity contribution is -0.121. The van der Waals surface area contributed by atoms with Crippen LogP contribution in [-0.4, -0.2) is 10.5 Å². The van der Waals surface area contributed by atoms with Crippen molar-refractivity contribution in [3.05, 3.63) is 71.9 Å². The molecule has 1 aliphatic rings. The molecular weight excluding hydrogens is 308 g/mol. The van der Waals surface area contributed by atoms with Crippen LogP contribution in [0.15, 0.2) is 60.8 Å². The fourth-order valence-electron chi connectivity index (χ4n) is 3.88. The van der Waals surface area contributed by atoms with Crippen molar-refractivity contribution in [1.29, 1.82) is 0 Å². The van der Waals surface area contributed by atoms with E-state index >= 15 is 0 Å². The van der Waals surface area contributed by atoms with E-state index in [1.54, 1.807) is 0 Å². The lowest BCUT2D eigenvalue weighted by Crippen LogP contribution is -2.31. The van der Waals surface area contributed by atoms with Crippen molar-refractivity contribution in [2.75, 3.05) is 0 Å². The summed E-state index contributed by atoms with van der Waals surface area (Å²) in [7, 11) is 2.03. The van der Waals surface area contributed by atoms with E-state index in [-0.39, 0.29) is 11.9 Å². The van der Waals surface area contributed by atoms with Gasteiger partial charge >= 0.3 is 0 Å². The summed E-state index contributed by atoms with van der Waals surface area (Å²) in [6.07, 6.45) is 3.68. The number of carbonyl (C=O) groups excluding carboxylic acids is 1. The molecule has 3 heteroatoms. The maximum absolute atomic E-state index is 12.8. The van der Waals surface area contributed by atoms with Gasteiger partial charge in [-0.25, -0.2) is 0 Å². The van der Waals surface area contributed by atoms with Gasteiger partial charge in [-0.05, 0) is 35.4 Å². The Balaban J connectivity index is 1.54. The molecule has 1 aromatic heterocycles. The van der Waals surface area contributed by atoms with E-state index in [1.165, 1.54) is 17.5 Å². The summed E-state index contributed by atoms with van der Waals surface area (Å²) in [6, 6.07) is 18.7. The molecule has 0 bridgehead atoms. The molecule has 2 aromatic carbocycles. The van der Waals surface area contributed by atoms with Gasteiger partial charge in [0.2, 0.25) is 5.91 Å². The summed E-state index contributed by atoms with van der Waals surface area (Å²) >= 11 is 0. The second kappa shape index (κ2) is 6.40. The van der Waals surface area contributed by atoms with Crippen molar-refractivity contribution in [1.82, 2.24) is 9.88 Å². The molecule has 1 aliphatic carbocycles. The number of nitrogens with zero attached hydrogens (tertiary/aromatic N) is 1. The summed E-state index contributed by atoms with van der Waals surface area (Å²) in [4.78, 5) is 12.8. The molecule has 0 saturated heterocycles. The molecule has 128 valence electrons. The van der Waals surface area contributed by atoms with Gasteiger partial charge in [0.1, 0.15) is 0 Å². The fraction of sp³-hybridized carbons (Fsp3) is 0.318. The fourth-order valence-corrected chi connectivity index (χ4v) is 3.88. The van der Waals surface area contributed by atoms with Crippen LogP contribution in [-0.2, 0) is 18.3 Å². The van der Waals surface area contributed by atoms with Crippen LogP contribution < -0.4 is 5.32 Å². The number of hydrogen-bond acceptors (Lipinski definition) is 1. The molecule has 1 saturated carbocycles. The van der Waals surface area contributed by atoms with E-state index in [1.807, 2.05) is 37.4 Å². The molecule has 4 rings (SSSR count). The number of amides is 1. The van der Waals surface area contributed by atoms with E-state index in [9.17, 15) is 4.79 Å². The van der Waals surface area contributed by atoms with E-state index in [0.29, 0.717) is 18.3 Å². The highest BCUT2D eigenvalue weighted by Crippen LogP contribution is 2.46. The molecule has 0 radical (unpaired) electrons. The lowest BCUT2D eigenvalue weighted by atomic mass is 10.0. The predicted octanol–water partition coefficient (Wildman–Crippen LogP) is 4.23. The molecule has 1 amide bonds. The summed E-state index contributed by atoms with van der Waals surface area (Å²) < 4.78 is 2.09. The Bertz CT molecular complexity index is 897. The van der Waals surface area contributed by atoms with Crippen LogP contribution in [0.25, 0.3) is 10.9 Å². The van der Waals surface area contributed by atoms with Crippen LogP contribution in [0, 0.1) is 11.8 Å². The van der Waals surface area contributed by atoms with Gasteiger partial charge in [0.15, 0.2) is 0 Å². The van der Waals surface area contributed by atoms with Crippen LogP contribution >= 0.6 is 0 Å². The number of aryl methyl sites for hydroxylation is 1. The van der Waals surface area contributed by atoms with Crippen LogP contribution in [0.5, 0.6) is 0 Å². The molecule has 3 aromatic rings. The predicted molar refractivity (Wildman–Crippen MR) is 101 cm³/mol. The molecule has 3 atom stereocenters. The molecule has 1 fully saturated rings. The Hall–Kier alpha value is -2.55. The largest absolute Gasteiger partial charge is 0.350 e. The molecule has 0 spiro atoms. The number of rotatable bonds is 5. The minimum atomic E-state index is 0.101. The Morgan fingerprint density at radius 1 is 1.16 bits per heavy atom. The minimum absolute atomic E-state index is 0.101. The van der Waals surface area contributed by atoms with Crippen LogP contribution in [0.4, 0.5) is 0 Å². The summed E-state index contributed by atoms with van der Waals surface area (Å²) in [6.45, 7) is 2.26. The average molecular weight is 332 g/mol. The Morgan fingerprint density at radius 3 is 2.56 bits per heavy atom. The Labute approximate surface area is 148 Å². The van der Waals surface area contributed by atoms with Gasteiger partial charge in [0.05, 0.1) is 12.5 Å². The normalized spacial score (nSPS) is 20.4. The quantitative estimate of drug-likeness (QED) is 0.745. The van der Waals surface area contributed by atoms with Crippen molar-refractivity contribution in [3.8, 4) is 0 Å². The van der Waals surface area contributed by atoms with Crippen molar-refractivity contribution in [3.63, 3.8) is 0 Å². The SMILES string of the molecule is CC1CC1C(NC(=O)Cc1cn(C)c2ccccc12)c1ccccc1. The lowest BCUT2D eigenvalue weighted by Gasteiger charge is -2.19. The van der Waals surface area contributed by atoms with Crippen molar-refractivity contribution in [2.45, 2.75) is 25.8 Å². The van der Waals surface area contributed by atoms with Crippen LogP contribution in [0.1, 0.15) is 30.5 Å². The zero-order valence-corrected chi connectivity index (χ0v) is 14.8. The second-order valence-electron chi connectivity index (χ2n) is 7.29. The standard InChI is InChI=1S/C22H24N2O/c1-15-12-19(15)22(16-8-4-3-5-9-16)23-21(25)13-17-14-24(2)20-11-7-6-10-18(17)20/h3-11,14-15,19,22H,12-13H2,1-2H3,(H,23,25). The average Bonchev–Trinajstić information content (AvgIpc) is 3.27. The smallest absolute Gasteiger partial charge is 0.224 e. The number of para-hydroxylation sites is 1. The van der Waals surface area contributed by atoms with Gasteiger partial charge in [-0.1, -0.05) is 55.5 Å². The van der Waals surface area contributed by atoms with Crippen molar-refractivity contribution < 1.29 is 4.79 Å². The van der Waals surface area contributed by atoms with Crippen LogP contribution in [0.2, 0.25) is 0 Å². The van der Waals surface area contributed by atoms with Gasteiger partial charge < -0.3 is 9.88 Å². The van der Waals surface area contributed by atoms with Crippen molar-refractivity contribution >= 4 is 16.8 Å². The van der Waals surface area contributed by atoms with Gasteiger partial charge in [-0.15, -0.1) is 0 Å². The third kappa shape index (κ3) is 3.19. The maximum atomic E-state index is 12.8. The van der Waals surface area contributed by atoms with Gasteiger partial charge in [0, 0.05) is 24.1 Å². The molecule has 1 N–H and O–H groups in total. The minimum Gasteiger partial charge on any atom is -0.350 e. The molecule has 3 nitrogen and oxygen atoms in total.